The van der Waals surface area contributed by atoms with Gasteiger partial charge in [0, 0.05) is 5.56 Å². The fraction of sp³-hybridized carbons (Fsp3) is 0. The highest BCUT2D eigenvalue weighted by atomic mass is 16.3. The molecule has 2 heteroatoms. The summed E-state index contributed by atoms with van der Waals surface area (Å²) < 4.78 is 0. The lowest BCUT2D eigenvalue weighted by molar-refractivity contribution is 0.474. The summed E-state index contributed by atoms with van der Waals surface area (Å²) in [5.41, 5.74) is 3.68. The SMILES string of the molecule is Oc1ccc(-c2ccc(-c3ccccc3)cc2O)cc1. The number of benzene rings is 3. The maximum atomic E-state index is 10.2. The van der Waals surface area contributed by atoms with E-state index in [-0.39, 0.29) is 11.5 Å². The third-order valence-corrected chi connectivity index (χ3v) is 3.28. The Morgan fingerprint density at radius 3 is 1.85 bits per heavy atom. The Balaban J connectivity index is 2.02. The minimum absolute atomic E-state index is 0.217. The molecule has 2 nitrogen and oxygen atoms in total. The standard InChI is InChI=1S/C18H14O2/c19-16-9-6-14(7-10-16)17-11-8-15(12-18(17)20)13-4-2-1-3-5-13/h1-12,19-20H. The van der Waals surface area contributed by atoms with Gasteiger partial charge in [-0.25, -0.2) is 0 Å². The Morgan fingerprint density at radius 1 is 0.550 bits per heavy atom. The van der Waals surface area contributed by atoms with E-state index in [9.17, 15) is 10.2 Å². The first-order valence-electron chi connectivity index (χ1n) is 6.42. The van der Waals surface area contributed by atoms with Crippen LogP contribution in [0.3, 0.4) is 0 Å². The molecule has 0 aliphatic carbocycles. The van der Waals surface area contributed by atoms with Crippen molar-refractivity contribution in [2.24, 2.45) is 0 Å². The van der Waals surface area contributed by atoms with Gasteiger partial charge in [-0.1, -0.05) is 54.6 Å². The largest absolute Gasteiger partial charge is 0.508 e. The average Bonchev–Trinajstić information content (AvgIpc) is 2.49. The van der Waals surface area contributed by atoms with Crippen LogP contribution in [0, 0.1) is 0 Å². The molecule has 0 radical (unpaired) electrons. The second-order valence-corrected chi connectivity index (χ2v) is 4.64. The number of phenolic OH excluding ortho intramolecular Hbond substituents is 2. The van der Waals surface area contributed by atoms with E-state index in [0.717, 1.165) is 22.3 Å². The third kappa shape index (κ3) is 2.36. The van der Waals surface area contributed by atoms with Gasteiger partial charge in [-0.2, -0.15) is 0 Å². The van der Waals surface area contributed by atoms with Crippen LogP contribution in [0.25, 0.3) is 22.3 Å². The second-order valence-electron chi connectivity index (χ2n) is 4.64. The molecule has 0 atom stereocenters. The highest BCUT2D eigenvalue weighted by molar-refractivity contribution is 5.76. The van der Waals surface area contributed by atoms with Crippen molar-refractivity contribution in [1.29, 1.82) is 0 Å². The van der Waals surface area contributed by atoms with Crippen molar-refractivity contribution in [3.8, 4) is 33.8 Å². The van der Waals surface area contributed by atoms with Crippen LogP contribution < -0.4 is 0 Å². The van der Waals surface area contributed by atoms with Gasteiger partial charge >= 0.3 is 0 Å². The number of rotatable bonds is 2. The summed E-state index contributed by atoms with van der Waals surface area (Å²) >= 11 is 0. The van der Waals surface area contributed by atoms with Crippen LogP contribution in [0.4, 0.5) is 0 Å². The quantitative estimate of drug-likeness (QED) is 0.717. The van der Waals surface area contributed by atoms with Gasteiger partial charge in [-0.05, 0) is 34.9 Å². The average molecular weight is 262 g/mol. The fourth-order valence-electron chi connectivity index (χ4n) is 2.23. The Bertz CT molecular complexity index is 716. The Morgan fingerprint density at radius 2 is 1.20 bits per heavy atom. The van der Waals surface area contributed by atoms with Crippen LogP contribution in [0.2, 0.25) is 0 Å². The summed E-state index contributed by atoms with van der Waals surface area (Å²) in [7, 11) is 0. The van der Waals surface area contributed by atoms with Gasteiger partial charge in [0.15, 0.2) is 0 Å². The summed E-state index contributed by atoms with van der Waals surface area (Å²) in [4.78, 5) is 0. The third-order valence-electron chi connectivity index (χ3n) is 3.28. The topological polar surface area (TPSA) is 40.5 Å². The first-order valence-corrected chi connectivity index (χ1v) is 6.42. The van der Waals surface area contributed by atoms with Crippen LogP contribution in [0.5, 0.6) is 11.5 Å². The lowest BCUT2D eigenvalue weighted by Gasteiger charge is -2.08. The molecule has 0 amide bonds. The molecule has 2 N–H and O–H groups in total. The highest BCUT2D eigenvalue weighted by Gasteiger charge is 2.06. The molecule has 3 aromatic carbocycles. The number of hydrogen-bond donors (Lipinski definition) is 2. The van der Waals surface area contributed by atoms with Crippen molar-refractivity contribution in [2.75, 3.05) is 0 Å². The fourth-order valence-corrected chi connectivity index (χ4v) is 2.23. The van der Waals surface area contributed by atoms with Crippen molar-refractivity contribution < 1.29 is 10.2 Å². The molecule has 0 unspecified atom stereocenters. The lowest BCUT2D eigenvalue weighted by Crippen LogP contribution is -1.82. The Kier molecular flexibility index (Phi) is 3.13. The van der Waals surface area contributed by atoms with E-state index in [0.29, 0.717) is 0 Å². The molecule has 0 aliphatic heterocycles. The van der Waals surface area contributed by atoms with Crippen LogP contribution in [0.15, 0.2) is 72.8 Å². The van der Waals surface area contributed by atoms with Crippen molar-refractivity contribution in [2.45, 2.75) is 0 Å². The van der Waals surface area contributed by atoms with E-state index in [1.807, 2.05) is 42.5 Å². The zero-order valence-electron chi connectivity index (χ0n) is 10.8. The minimum Gasteiger partial charge on any atom is -0.508 e. The molecule has 3 aromatic rings. The Labute approximate surface area is 117 Å². The van der Waals surface area contributed by atoms with Crippen molar-refractivity contribution in [3.05, 3.63) is 72.8 Å². The molecular weight excluding hydrogens is 248 g/mol. The molecule has 0 bridgehead atoms. The van der Waals surface area contributed by atoms with Gasteiger partial charge in [0.25, 0.3) is 0 Å². The summed E-state index contributed by atoms with van der Waals surface area (Å²) in [6, 6.07) is 22.4. The first-order chi connectivity index (χ1) is 9.74. The molecule has 0 aromatic heterocycles. The monoisotopic (exact) mass is 262 g/mol. The minimum atomic E-state index is 0.217. The van der Waals surface area contributed by atoms with E-state index in [1.54, 1.807) is 30.3 Å². The molecular formula is C18H14O2. The first kappa shape index (κ1) is 12.3. The van der Waals surface area contributed by atoms with Gasteiger partial charge in [-0.15, -0.1) is 0 Å². The number of phenols is 2. The van der Waals surface area contributed by atoms with Gasteiger partial charge in [0.05, 0.1) is 0 Å². The maximum Gasteiger partial charge on any atom is 0.124 e. The molecule has 0 saturated carbocycles. The highest BCUT2D eigenvalue weighted by Crippen LogP contribution is 2.33. The van der Waals surface area contributed by atoms with E-state index in [2.05, 4.69) is 0 Å². The normalized spacial score (nSPS) is 10.4. The molecule has 0 aliphatic rings. The number of aromatic hydroxyl groups is 2. The zero-order valence-corrected chi connectivity index (χ0v) is 10.8. The van der Waals surface area contributed by atoms with Crippen LogP contribution in [-0.4, -0.2) is 10.2 Å². The van der Waals surface area contributed by atoms with Crippen molar-refractivity contribution >= 4 is 0 Å². The second kappa shape index (κ2) is 5.10. The molecule has 0 fully saturated rings. The van der Waals surface area contributed by atoms with Crippen molar-refractivity contribution in [3.63, 3.8) is 0 Å². The Hall–Kier alpha value is -2.74. The summed E-state index contributed by atoms with van der Waals surface area (Å²) in [5, 5.41) is 19.5. The van der Waals surface area contributed by atoms with E-state index >= 15 is 0 Å². The van der Waals surface area contributed by atoms with Crippen LogP contribution in [-0.2, 0) is 0 Å². The van der Waals surface area contributed by atoms with Gasteiger partial charge in [0.1, 0.15) is 11.5 Å². The lowest BCUT2D eigenvalue weighted by atomic mass is 9.99. The molecule has 20 heavy (non-hydrogen) atoms. The van der Waals surface area contributed by atoms with Gasteiger partial charge in [-0.3, -0.25) is 0 Å². The van der Waals surface area contributed by atoms with E-state index in [1.165, 1.54) is 0 Å². The van der Waals surface area contributed by atoms with Crippen LogP contribution in [0.1, 0.15) is 0 Å². The molecule has 0 saturated heterocycles. The zero-order chi connectivity index (χ0) is 13.9. The van der Waals surface area contributed by atoms with Crippen molar-refractivity contribution in [1.82, 2.24) is 0 Å². The van der Waals surface area contributed by atoms with Gasteiger partial charge < -0.3 is 10.2 Å². The summed E-state index contributed by atoms with van der Waals surface area (Å²) in [5.74, 6) is 0.450. The summed E-state index contributed by atoms with van der Waals surface area (Å²) in [6.07, 6.45) is 0. The molecule has 0 heterocycles. The summed E-state index contributed by atoms with van der Waals surface area (Å²) in [6.45, 7) is 0. The predicted molar refractivity (Wildman–Crippen MR) is 80.6 cm³/mol. The van der Waals surface area contributed by atoms with Gasteiger partial charge in [0.2, 0.25) is 0 Å². The molecule has 0 spiro atoms. The smallest absolute Gasteiger partial charge is 0.124 e. The van der Waals surface area contributed by atoms with E-state index < -0.39 is 0 Å². The number of hydrogen-bond acceptors (Lipinski definition) is 2. The molecule has 3 rings (SSSR count). The predicted octanol–water partition coefficient (Wildman–Crippen LogP) is 4.43. The van der Waals surface area contributed by atoms with E-state index in [4.69, 9.17) is 0 Å². The molecule has 98 valence electrons. The van der Waals surface area contributed by atoms with Crippen LogP contribution >= 0.6 is 0 Å². The maximum absolute atomic E-state index is 10.2.